The maximum absolute atomic E-state index is 12.1. The lowest BCUT2D eigenvalue weighted by Gasteiger charge is -2.10. The number of hydrogen-bond acceptors (Lipinski definition) is 3. The molecule has 0 heterocycles. The number of para-hydroxylation sites is 1. The average Bonchev–Trinajstić information content (AvgIpc) is 2.67. The van der Waals surface area contributed by atoms with E-state index in [-0.39, 0.29) is 12.5 Å². The van der Waals surface area contributed by atoms with Gasteiger partial charge in [-0.25, -0.2) is 4.79 Å². The molecular formula is C21H18ClN3O3. The third-order valence-corrected chi connectivity index (χ3v) is 3.83. The van der Waals surface area contributed by atoms with Crippen LogP contribution in [0.4, 0.5) is 21.9 Å². The molecule has 3 amide bonds. The number of urea groups is 1. The first kappa shape index (κ1) is 19.3. The number of hydrogen-bond donors (Lipinski definition) is 3. The lowest BCUT2D eigenvalue weighted by molar-refractivity contribution is -0.118. The van der Waals surface area contributed by atoms with Crippen LogP contribution in [-0.2, 0) is 4.79 Å². The predicted octanol–water partition coefficient (Wildman–Crippen LogP) is 5.00. The summed E-state index contributed by atoms with van der Waals surface area (Å²) in [7, 11) is 0. The van der Waals surface area contributed by atoms with Crippen molar-refractivity contribution in [2.75, 3.05) is 22.6 Å². The third-order valence-electron chi connectivity index (χ3n) is 3.60. The topological polar surface area (TPSA) is 79.5 Å². The first-order chi connectivity index (χ1) is 13.6. The van der Waals surface area contributed by atoms with Crippen LogP contribution in [0.15, 0.2) is 78.9 Å². The van der Waals surface area contributed by atoms with Crippen LogP contribution in [0.5, 0.6) is 5.75 Å². The maximum Gasteiger partial charge on any atom is 0.323 e. The Bertz CT molecular complexity index is 964. The van der Waals surface area contributed by atoms with E-state index in [4.69, 9.17) is 16.3 Å². The summed E-state index contributed by atoms with van der Waals surface area (Å²) in [6, 6.07) is 22.3. The Morgan fingerprint density at radius 2 is 1.36 bits per heavy atom. The molecule has 0 aliphatic heterocycles. The predicted molar refractivity (Wildman–Crippen MR) is 111 cm³/mol. The molecule has 3 aromatic carbocycles. The summed E-state index contributed by atoms with van der Waals surface area (Å²) in [5, 5.41) is 8.65. The number of rotatable bonds is 6. The van der Waals surface area contributed by atoms with E-state index in [1.165, 1.54) is 0 Å². The molecule has 142 valence electrons. The van der Waals surface area contributed by atoms with E-state index < -0.39 is 6.03 Å². The number of ether oxygens (including phenoxy) is 1. The van der Waals surface area contributed by atoms with Gasteiger partial charge >= 0.3 is 6.03 Å². The van der Waals surface area contributed by atoms with E-state index in [0.717, 1.165) is 0 Å². The zero-order valence-corrected chi connectivity index (χ0v) is 15.6. The van der Waals surface area contributed by atoms with Crippen LogP contribution in [-0.4, -0.2) is 18.5 Å². The van der Waals surface area contributed by atoms with E-state index >= 15 is 0 Å². The Labute approximate surface area is 167 Å². The molecule has 0 aliphatic carbocycles. The molecule has 0 saturated heterocycles. The van der Waals surface area contributed by atoms with Gasteiger partial charge in [0, 0.05) is 22.1 Å². The monoisotopic (exact) mass is 395 g/mol. The van der Waals surface area contributed by atoms with Gasteiger partial charge in [-0.15, -0.1) is 0 Å². The van der Waals surface area contributed by atoms with Gasteiger partial charge in [-0.1, -0.05) is 41.9 Å². The molecule has 0 aromatic heterocycles. The summed E-state index contributed by atoms with van der Waals surface area (Å²) >= 11 is 5.90. The second-order valence-corrected chi connectivity index (χ2v) is 6.26. The van der Waals surface area contributed by atoms with E-state index in [1.54, 1.807) is 60.7 Å². The highest BCUT2D eigenvalue weighted by molar-refractivity contribution is 6.30. The van der Waals surface area contributed by atoms with Crippen LogP contribution < -0.4 is 20.7 Å². The number of benzene rings is 3. The SMILES string of the molecule is O=C(COc1ccccc1)Nc1cccc(NC(=O)Nc2cccc(Cl)c2)c1. The number of nitrogens with one attached hydrogen (secondary N) is 3. The van der Waals surface area contributed by atoms with Crippen molar-refractivity contribution in [3.05, 3.63) is 83.9 Å². The highest BCUT2D eigenvalue weighted by Gasteiger charge is 2.07. The minimum atomic E-state index is -0.418. The first-order valence-corrected chi connectivity index (χ1v) is 8.87. The first-order valence-electron chi connectivity index (χ1n) is 8.50. The molecule has 0 fully saturated rings. The number of halogens is 1. The van der Waals surface area contributed by atoms with Gasteiger partial charge in [-0.05, 0) is 48.5 Å². The molecule has 7 heteroatoms. The normalized spacial score (nSPS) is 10.0. The van der Waals surface area contributed by atoms with Gasteiger partial charge in [-0.2, -0.15) is 0 Å². The molecule has 3 aromatic rings. The van der Waals surface area contributed by atoms with Crippen LogP contribution in [0.1, 0.15) is 0 Å². The highest BCUT2D eigenvalue weighted by Crippen LogP contribution is 2.18. The quantitative estimate of drug-likeness (QED) is 0.549. The van der Waals surface area contributed by atoms with Crippen LogP contribution in [0.3, 0.4) is 0 Å². The van der Waals surface area contributed by atoms with Gasteiger partial charge in [0.25, 0.3) is 5.91 Å². The van der Waals surface area contributed by atoms with Crippen molar-refractivity contribution in [1.82, 2.24) is 0 Å². The number of amides is 3. The second kappa shape index (κ2) is 9.43. The molecule has 3 N–H and O–H groups in total. The zero-order chi connectivity index (χ0) is 19.8. The van der Waals surface area contributed by atoms with Crippen molar-refractivity contribution in [3.63, 3.8) is 0 Å². The standard InChI is InChI=1S/C21H18ClN3O3/c22-15-6-4-7-16(12-15)24-21(27)25-18-9-5-8-17(13-18)23-20(26)14-28-19-10-2-1-3-11-19/h1-13H,14H2,(H,23,26)(H2,24,25,27). The Morgan fingerprint density at radius 1 is 0.750 bits per heavy atom. The minimum absolute atomic E-state index is 0.114. The van der Waals surface area contributed by atoms with Crippen molar-refractivity contribution in [3.8, 4) is 5.75 Å². The summed E-state index contributed by atoms with van der Waals surface area (Å²) in [6.07, 6.45) is 0. The number of carbonyl (C=O) groups is 2. The molecule has 0 unspecified atom stereocenters. The summed E-state index contributed by atoms with van der Waals surface area (Å²) < 4.78 is 5.41. The summed E-state index contributed by atoms with van der Waals surface area (Å²) in [5.41, 5.74) is 1.65. The summed E-state index contributed by atoms with van der Waals surface area (Å²) in [5.74, 6) is 0.315. The van der Waals surface area contributed by atoms with Crippen molar-refractivity contribution >= 4 is 40.6 Å². The van der Waals surface area contributed by atoms with E-state index in [9.17, 15) is 9.59 Å². The summed E-state index contributed by atoms with van der Waals surface area (Å²) in [6.45, 7) is -0.114. The maximum atomic E-state index is 12.1. The van der Waals surface area contributed by atoms with Crippen molar-refractivity contribution < 1.29 is 14.3 Å². The highest BCUT2D eigenvalue weighted by atomic mass is 35.5. The van der Waals surface area contributed by atoms with Gasteiger partial charge < -0.3 is 20.7 Å². The third kappa shape index (κ3) is 6.03. The van der Waals surface area contributed by atoms with Crippen molar-refractivity contribution in [2.45, 2.75) is 0 Å². The van der Waals surface area contributed by atoms with Crippen LogP contribution in [0, 0.1) is 0 Å². The molecule has 0 saturated carbocycles. The van der Waals surface area contributed by atoms with Crippen LogP contribution >= 0.6 is 11.6 Å². The molecule has 0 atom stereocenters. The van der Waals surface area contributed by atoms with E-state index in [1.807, 2.05) is 18.2 Å². The van der Waals surface area contributed by atoms with E-state index in [0.29, 0.717) is 27.8 Å². The summed E-state index contributed by atoms with van der Waals surface area (Å²) in [4.78, 5) is 24.2. The minimum Gasteiger partial charge on any atom is -0.484 e. The number of carbonyl (C=O) groups excluding carboxylic acids is 2. The lowest BCUT2D eigenvalue weighted by atomic mass is 10.2. The Hall–Kier alpha value is -3.51. The fraction of sp³-hybridized carbons (Fsp3) is 0.0476. The van der Waals surface area contributed by atoms with Gasteiger partial charge in [0.2, 0.25) is 0 Å². The largest absolute Gasteiger partial charge is 0.484 e. The molecule has 0 spiro atoms. The van der Waals surface area contributed by atoms with Gasteiger partial charge in [-0.3, -0.25) is 4.79 Å². The molecule has 0 aliphatic rings. The Balaban J connectivity index is 1.53. The fourth-order valence-electron chi connectivity index (χ4n) is 2.40. The lowest BCUT2D eigenvalue weighted by Crippen LogP contribution is -2.21. The van der Waals surface area contributed by atoms with Gasteiger partial charge in [0.05, 0.1) is 0 Å². The van der Waals surface area contributed by atoms with Gasteiger partial charge in [0.15, 0.2) is 6.61 Å². The van der Waals surface area contributed by atoms with Crippen molar-refractivity contribution in [1.29, 1.82) is 0 Å². The Kier molecular flexibility index (Phi) is 6.49. The molecule has 28 heavy (non-hydrogen) atoms. The molecule has 6 nitrogen and oxygen atoms in total. The van der Waals surface area contributed by atoms with Gasteiger partial charge in [0.1, 0.15) is 5.75 Å². The molecule has 0 radical (unpaired) electrons. The van der Waals surface area contributed by atoms with Crippen LogP contribution in [0.25, 0.3) is 0 Å². The zero-order valence-electron chi connectivity index (χ0n) is 14.8. The Morgan fingerprint density at radius 3 is 2.04 bits per heavy atom. The fourth-order valence-corrected chi connectivity index (χ4v) is 2.59. The van der Waals surface area contributed by atoms with Crippen LogP contribution in [0.2, 0.25) is 5.02 Å². The smallest absolute Gasteiger partial charge is 0.323 e. The molecule has 0 bridgehead atoms. The number of anilines is 3. The molecular weight excluding hydrogens is 378 g/mol. The molecule has 3 rings (SSSR count). The van der Waals surface area contributed by atoms with E-state index in [2.05, 4.69) is 16.0 Å². The van der Waals surface area contributed by atoms with Crippen molar-refractivity contribution in [2.24, 2.45) is 0 Å². The second-order valence-electron chi connectivity index (χ2n) is 5.82. The average molecular weight is 396 g/mol.